The number of hydrazine groups is 1. The zero-order valence-corrected chi connectivity index (χ0v) is 6.05. The smallest absolute Gasteiger partial charge is 0.103 e. The van der Waals surface area contributed by atoms with Crippen LogP contribution >= 0.6 is 0 Å². The number of aromatic nitrogens is 3. The van der Waals surface area contributed by atoms with E-state index in [9.17, 15) is 0 Å². The van der Waals surface area contributed by atoms with Crippen LogP contribution in [0.1, 0.15) is 19.5 Å². The van der Waals surface area contributed by atoms with E-state index in [1.165, 1.54) is 0 Å². The van der Waals surface area contributed by atoms with Gasteiger partial charge in [0.1, 0.15) is 5.69 Å². The van der Waals surface area contributed by atoms with Gasteiger partial charge in [0.05, 0.1) is 11.7 Å². The van der Waals surface area contributed by atoms with Crippen molar-refractivity contribution in [2.24, 2.45) is 5.84 Å². The van der Waals surface area contributed by atoms with Crippen molar-refractivity contribution in [3.05, 3.63) is 11.9 Å². The lowest BCUT2D eigenvalue weighted by molar-refractivity contribution is 0.402. The molecule has 0 aliphatic carbocycles. The summed E-state index contributed by atoms with van der Waals surface area (Å²) in [5.74, 6) is 5.27. The molecular formula is C5H11N5. The maximum absolute atomic E-state index is 5.27. The van der Waals surface area contributed by atoms with E-state index in [1.807, 2.05) is 13.8 Å². The first-order valence-electron chi connectivity index (χ1n) is 3.01. The second kappa shape index (κ2) is 2.36. The molecule has 56 valence electrons. The molecular weight excluding hydrogens is 130 g/mol. The molecule has 5 nitrogen and oxygen atoms in total. The third kappa shape index (κ3) is 1.14. The molecule has 4 N–H and O–H groups in total. The third-order valence-electron chi connectivity index (χ3n) is 1.42. The van der Waals surface area contributed by atoms with Crippen molar-refractivity contribution in [1.82, 2.24) is 20.8 Å². The lowest BCUT2D eigenvalue weighted by Crippen LogP contribution is -2.41. The monoisotopic (exact) mass is 141 g/mol. The van der Waals surface area contributed by atoms with Crippen molar-refractivity contribution in [1.29, 1.82) is 0 Å². The highest BCUT2D eigenvalue weighted by Gasteiger charge is 2.20. The summed E-state index contributed by atoms with van der Waals surface area (Å²) in [5.41, 5.74) is 3.11. The Morgan fingerprint density at radius 3 is 2.80 bits per heavy atom. The fourth-order valence-electron chi connectivity index (χ4n) is 0.577. The number of rotatable bonds is 2. The van der Waals surface area contributed by atoms with Crippen molar-refractivity contribution in [2.75, 3.05) is 0 Å². The Labute approximate surface area is 59.0 Å². The fraction of sp³-hybridized carbons (Fsp3) is 0.600. The molecule has 0 fully saturated rings. The minimum Gasteiger partial charge on any atom is -0.271 e. The number of nitrogens with one attached hydrogen (secondary N) is 2. The van der Waals surface area contributed by atoms with Crippen molar-refractivity contribution < 1.29 is 0 Å². The van der Waals surface area contributed by atoms with Gasteiger partial charge in [-0.1, -0.05) is 0 Å². The summed E-state index contributed by atoms with van der Waals surface area (Å²) in [5, 5.41) is 10.1. The highest BCUT2D eigenvalue weighted by Crippen LogP contribution is 2.13. The largest absolute Gasteiger partial charge is 0.271 e. The molecule has 0 saturated heterocycles. The van der Waals surface area contributed by atoms with Gasteiger partial charge in [-0.3, -0.25) is 5.84 Å². The molecule has 1 rings (SSSR count). The van der Waals surface area contributed by atoms with Gasteiger partial charge in [0.2, 0.25) is 0 Å². The molecule has 0 unspecified atom stereocenters. The van der Waals surface area contributed by atoms with Crippen LogP contribution in [0, 0.1) is 0 Å². The van der Waals surface area contributed by atoms with Crippen LogP contribution in [0.4, 0.5) is 0 Å². The van der Waals surface area contributed by atoms with Gasteiger partial charge in [-0.25, -0.2) is 5.43 Å². The maximum Gasteiger partial charge on any atom is 0.103 e. The fourth-order valence-corrected chi connectivity index (χ4v) is 0.577. The summed E-state index contributed by atoms with van der Waals surface area (Å²) in [4.78, 5) is 0. The van der Waals surface area contributed by atoms with Crippen molar-refractivity contribution in [3.63, 3.8) is 0 Å². The van der Waals surface area contributed by atoms with Crippen LogP contribution in [-0.4, -0.2) is 15.4 Å². The first-order chi connectivity index (χ1) is 4.67. The van der Waals surface area contributed by atoms with Crippen LogP contribution in [0.5, 0.6) is 0 Å². The van der Waals surface area contributed by atoms with E-state index >= 15 is 0 Å². The second-order valence-electron chi connectivity index (χ2n) is 2.62. The van der Waals surface area contributed by atoms with Crippen LogP contribution in [-0.2, 0) is 5.54 Å². The molecule has 0 amide bonds. The molecule has 0 radical (unpaired) electrons. The van der Waals surface area contributed by atoms with Crippen LogP contribution < -0.4 is 11.3 Å². The number of H-pyrrole nitrogens is 1. The molecule has 10 heavy (non-hydrogen) atoms. The van der Waals surface area contributed by atoms with Gasteiger partial charge in [0.25, 0.3) is 0 Å². The van der Waals surface area contributed by atoms with E-state index in [0.29, 0.717) is 0 Å². The van der Waals surface area contributed by atoms with Crippen LogP contribution in [0.2, 0.25) is 0 Å². The second-order valence-corrected chi connectivity index (χ2v) is 2.62. The summed E-state index contributed by atoms with van der Waals surface area (Å²) in [6.45, 7) is 3.84. The number of nitrogens with zero attached hydrogens (tertiary/aromatic N) is 2. The summed E-state index contributed by atoms with van der Waals surface area (Å²) in [6, 6.07) is 0. The van der Waals surface area contributed by atoms with E-state index in [-0.39, 0.29) is 5.54 Å². The third-order valence-corrected chi connectivity index (χ3v) is 1.42. The van der Waals surface area contributed by atoms with E-state index in [4.69, 9.17) is 5.84 Å². The van der Waals surface area contributed by atoms with E-state index in [2.05, 4.69) is 20.8 Å². The first-order valence-corrected chi connectivity index (χ1v) is 3.01. The average molecular weight is 141 g/mol. The van der Waals surface area contributed by atoms with Crippen LogP contribution in [0.3, 0.4) is 0 Å². The standard InChI is InChI=1S/C5H11N5/c1-5(2,9-6)4-3-7-10-8-4/h3,9H,6H2,1-2H3,(H,7,8,10). The molecule has 1 aromatic rings. The van der Waals surface area contributed by atoms with Crippen molar-refractivity contribution in [2.45, 2.75) is 19.4 Å². The van der Waals surface area contributed by atoms with Gasteiger partial charge in [-0.15, -0.1) is 0 Å². The molecule has 1 heterocycles. The Bertz CT molecular complexity index is 190. The number of nitrogens with two attached hydrogens (primary N) is 1. The normalized spacial score (nSPS) is 11.9. The lowest BCUT2D eigenvalue weighted by atomic mass is 10.0. The van der Waals surface area contributed by atoms with Gasteiger partial charge in [-0.2, -0.15) is 15.4 Å². The molecule has 5 heteroatoms. The Kier molecular flexibility index (Phi) is 1.69. The van der Waals surface area contributed by atoms with Gasteiger partial charge in [-0.05, 0) is 13.8 Å². The molecule has 0 bridgehead atoms. The van der Waals surface area contributed by atoms with E-state index < -0.39 is 0 Å². The van der Waals surface area contributed by atoms with Crippen LogP contribution in [0.15, 0.2) is 6.20 Å². The molecule has 0 aliphatic heterocycles. The predicted molar refractivity (Wildman–Crippen MR) is 36.7 cm³/mol. The first kappa shape index (κ1) is 7.17. The Balaban J connectivity index is 2.85. The summed E-state index contributed by atoms with van der Waals surface area (Å²) in [7, 11) is 0. The minimum atomic E-state index is -0.312. The van der Waals surface area contributed by atoms with Gasteiger partial charge < -0.3 is 0 Å². The lowest BCUT2D eigenvalue weighted by Gasteiger charge is -2.19. The highest BCUT2D eigenvalue weighted by molar-refractivity contribution is 5.04. The van der Waals surface area contributed by atoms with Crippen molar-refractivity contribution >= 4 is 0 Å². The Hall–Kier alpha value is -0.940. The molecule has 0 aromatic carbocycles. The van der Waals surface area contributed by atoms with E-state index in [1.54, 1.807) is 6.20 Å². The zero-order valence-electron chi connectivity index (χ0n) is 6.05. The summed E-state index contributed by atoms with van der Waals surface area (Å²) >= 11 is 0. The van der Waals surface area contributed by atoms with Gasteiger partial charge in [0, 0.05) is 0 Å². The number of aromatic amines is 1. The molecule has 0 atom stereocenters. The minimum absolute atomic E-state index is 0.312. The highest BCUT2D eigenvalue weighted by atomic mass is 15.3. The Morgan fingerprint density at radius 1 is 1.70 bits per heavy atom. The molecule has 0 aliphatic rings. The maximum atomic E-state index is 5.27. The van der Waals surface area contributed by atoms with E-state index in [0.717, 1.165) is 5.69 Å². The topological polar surface area (TPSA) is 79.6 Å². The van der Waals surface area contributed by atoms with Gasteiger partial charge >= 0.3 is 0 Å². The van der Waals surface area contributed by atoms with Crippen LogP contribution in [0.25, 0.3) is 0 Å². The zero-order chi connectivity index (χ0) is 7.61. The summed E-state index contributed by atoms with van der Waals surface area (Å²) < 4.78 is 0. The van der Waals surface area contributed by atoms with Gasteiger partial charge in [0.15, 0.2) is 0 Å². The number of hydrogen-bond acceptors (Lipinski definition) is 4. The quantitative estimate of drug-likeness (QED) is 0.383. The summed E-state index contributed by atoms with van der Waals surface area (Å²) in [6.07, 6.45) is 1.64. The molecule has 1 aromatic heterocycles. The van der Waals surface area contributed by atoms with Crippen molar-refractivity contribution in [3.8, 4) is 0 Å². The number of hydrogen-bond donors (Lipinski definition) is 3. The molecule has 0 saturated carbocycles. The predicted octanol–water partition coefficient (Wildman–Crippen LogP) is -0.497. The molecule has 0 spiro atoms. The average Bonchev–Trinajstić information content (AvgIpc) is 2.38. The Morgan fingerprint density at radius 2 is 2.40 bits per heavy atom. The SMILES string of the molecule is CC(C)(NN)c1cn[nH]n1.